The maximum absolute atomic E-state index is 12.3. The van der Waals surface area contributed by atoms with E-state index in [1.165, 1.54) is 32.1 Å². The van der Waals surface area contributed by atoms with Crippen molar-refractivity contribution in [2.45, 2.75) is 45.1 Å². The zero-order valence-corrected chi connectivity index (χ0v) is 14.0. The molecule has 24 heavy (non-hydrogen) atoms. The fraction of sp³-hybridized carbons (Fsp3) is 0.450. The van der Waals surface area contributed by atoms with E-state index < -0.39 is 0 Å². The third-order valence-electron chi connectivity index (χ3n) is 4.65. The number of ether oxygens (including phenoxy) is 1. The quantitative estimate of drug-likeness (QED) is 0.811. The highest BCUT2D eigenvalue weighted by molar-refractivity contribution is 5.92. The zero-order chi connectivity index (χ0) is 16.6. The summed E-state index contributed by atoms with van der Waals surface area (Å²) < 4.78 is 11.1. The first kappa shape index (κ1) is 16.6. The first-order valence-electron chi connectivity index (χ1n) is 8.85. The molecule has 2 aromatic rings. The Morgan fingerprint density at radius 1 is 1.12 bits per heavy atom. The second-order valence-corrected chi connectivity index (χ2v) is 6.43. The van der Waals surface area contributed by atoms with Gasteiger partial charge in [0.2, 0.25) is 0 Å². The van der Waals surface area contributed by atoms with Gasteiger partial charge in [-0.2, -0.15) is 0 Å². The lowest BCUT2D eigenvalue weighted by molar-refractivity contribution is 0.0919. The van der Waals surface area contributed by atoms with Crippen LogP contribution < -0.4 is 10.1 Å². The van der Waals surface area contributed by atoms with Gasteiger partial charge in [0.15, 0.2) is 5.76 Å². The molecule has 0 unspecified atom stereocenters. The van der Waals surface area contributed by atoms with Crippen LogP contribution in [0, 0.1) is 5.92 Å². The van der Waals surface area contributed by atoms with Crippen molar-refractivity contribution in [3.63, 3.8) is 0 Å². The van der Waals surface area contributed by atoms with Crippen molar-refractivity contribution in [2.75, 3.05) is 6.54 Å². The molecule has 0 spiro atoms. The molecule has 0 aliphatic heterocycles. The Kier molecular flexibility index (Phi) is 5.94. The number of carbonyl (C=O) groups is 1. The van der Waals surface area contributed by atoms with Crippen LogP contribution in [0.5, 0.6) is 5.75 Å². The first-order chi connectivity index (χ1) is 11.8. The van der Waals surface area contributed by atoms with Crippen LogP contribution in [-0.2, 0) is 6.61 Å². The normalized spacial score (nSPS) is 15.2. The predicted octanol–water partition coefficient (Wildman–Crippen LogP) is 4.56. The third kappa shape index (κ3) is 4.63. The Hall–Kier alpha value is -2.23. The van der Waals surface area contributed by atoms with Gasteiger partial charge < -0.3 is 14.5 Å². The van der Waals surface area contributed by atoms with Crippen molar-refractivity contribution in [2.24, 2.45) is 5.92 Å². The van der Waals surface area contributed by atoms with Crippen molar-refractivity contribution < 1.29 is 13.9 Å². The zero-order valence-electron chi connectivity index (χ0n) is 14.0. The Morgan fingerprint density at radius 3 is 2.71 bits per heavy atom. The average Bonchev–Trinajstić information content (AvgIpc) is 3.10. The van der Waals surface area contributed by atoms with Gasteiger partial charge >= 0.3 is 0 Å². The molecule has 0 bridgehead atoms. The molecule has 0 saturated heterocycles. The van der Waals surface area contributed by atoms with E-state index >= 15 is 0 Å². The van der Waals surface area contributed by atoms with Crippen molar-refractivity contribution in [3.8, 4) is 5.75 Å². The summed E-state index contributed by atoms with van der Waals surface area (Å²) in [6.45, 7) is 1.04. The van der Waals surface area contributed by atoms with E-state index in [0.717, 1.165) is 23.7 Å². The monoisotopic (exact) mass is 327 g/mol. The molecule has 0 atom stereocenters. The highest BCUT2D eigenvalue weighted by Crippen LogP contribution is 2.25. The van der Waals surface area contributed by atoms with E-state index in [-0.39, 0.29) is 5.91 Å². The molecule has 1 aliphatic rings. The van der Waals surface area contributed by atoms with Gasteiger partial charge in [0.05, 0.1) is 6.26 Å². The van der Waals surface area contributed by atoms with E-state index in [1.807, 2.05) is 30.3 Å². The highest BCUT2D eigenvalue weighted by Gasteiger charge is 2.17. The molecule has 1 amide bonds. The summed E-state index contributed by atoms with van der Waals surface area (Å²) in [6, 6.07) is 11.4. The second kappa shape index (κ2) is 8.57. The molecule has 1 saturated carbocycles. The topological polar surface area (TPSA) is 51.5 Å². The first-order valence-corrected chi connectivity index (χ1v) is 8.85. The number of para-hydroxylation sites is 1. The standard InChI is InChI=1S/C20H25NO3/c22-20(21-13-11-16-7-3-1-4-8-16)19-17(12-14-23-19)15-24-18-9-5-2-6-10-18/h2,5-6,9-10,12,14,16H,1,3-4,7-8,11,13,15H2,(H,21,22). The van der Waals surface area contributed by atoms with Crippen LogP contribution in [0.2, 0.25) is 0 Å². The summed E-state index contributed by atoms with van der Waals surface area (Å²) in [5.74, 6) is 1.75. The van der Waals surface area contributed by atoms with Gasteiger partial charge in [0.1, 0.15) is 12.4 Å². The number of furan rings is 1. The lowest BCUT2D eigenvalue weighted by Gasteiger charge is -2.21. The average molecular weight is 327 g/mol. The Bertz CT molecular complexity index is 629. The van der Waals surface area contributed by atoms with Crippen LogP contribution in [0.3, 0.4) is 0 Å². The Labute approximate surface area is 143 Å². The van der Waals surface area contributed by atoms with E-state index in [9.17, 15) is 4.79 Å². The molecule has 1 aromatic heterocycles. The van der Waals surface area contributed by atoms with Crippen LogP contribution in [0.15, 0.2) is 47.1 Å². The number of benzene rings is 1. The van der Waals surface area contributed by atoms with Gasteiger partial charge in [-0.05, 0) is 30.5 Å². The molecule has 128 valence electrons. The van der Waals surface area contributed by atoms with Gasteiger partial charge in [-0.1, -0.05) is 50.3 Å². The Balaban J connectivity index is 1.47. The van der Waals surface area contributed by atoms with E-state index in [2.05, 4.69) is 5.32 Å². The van der Waals surface area contributed by atoms with Crippen molar-refractivity contribution in [1.82, 2.24) is 5.32 Å². The van der Waals surface area contributed by atoms with Gasteiger partial charge in [-0.3, -0.25) is 4.79 Å². The summed E-state index contributed by atoms with van der Waals surface area (Å²) in [5, 5.41) is 2.98. The van der Waals surface area contributed by atoms with E-state index in [4.69, 9.17) is 9.15 Å². The SMILES string of the molecule is O=C(NCCC1CCCCC1)c1occc1COc1ccccc1. The fourth-order valence-electron chi connectivity index (χ4n) is 3.27. The van der Waals surface area contributed by atoms with Crippen LogP contribution in [0.4, 0.5) is 0 Å². The fourth-order valence-corrected chi connectivity index (χ4v) is 3.27. The molecular formula is C20H25NO3. The molecule has 1 aliphatic carbocycles. The maximum Gasteiger partial charge on any atom is 0.287 e. The molecule has 1 heterocycles. The maximum atomic E-state index is 12.3. The number of carbonyl (C=O) groups excluding carboxylic acids is 1. The van der Waals surface area contributed by atoms with Crippen molar-refractivity contribution >= 4 is 5.91 Å². The van der Waals surface area contributed by atoms with E-state index in [0.29, 0.717) is 18.9 Å². The van der Waals surface area contributed by atoms with Gasteiger partial charge in [-0.15, -0.1) is 0 Å². The largest absolute Gasteiger partial charge is 0.489 e. The van der Waals surface area contributed by atoms with Crippen molar-refractivity contribution in [3.05, 3.63) is 54.0 Å². The third-order valence-corrected chi connectivity index (χ3v) is 4.65. The second-order valence-electron chi connectivity index (χ2n) is 6.43. The van der Waals surface area contributed by atoms with Crippen molar-refractivity contribution in [1.29, 1.82) is 0 Å². The summed E-state index contributed by atoms with van der Waals surface area (Å²) >= 11 is 0. The lowest BCUT2D eigenvalue weighted by atomic mass is 9.87. The van der Waals surface area contributed by atoms with E-state index in [1.54, 1.807) is 12.3 Å². The molecule has 1 fully saturated rings. The summed E-state index contributed by atoms with van der Waals surface area (Å²) in [6.07, 6.45) is 9.22. The molecule has 1 aromatic carbocycles. The number of nitrogens with one attached hydrogen (secondary N) is 1. The van der Waals surface area contributed by atoms with Crippen LogP contribution >= 0.6 is 0 Å². The lowest BCUT2D eigenvalue weighted by Crippen LogP contribution is -2.27. The van der Waals surface area contributed by atoms with Crippen LogP contribution in [0.25, 0.3) is 0 Å². The smallest absolute Gasteiger partial charge is 0.287 e. The number of hydrogen-bond donors (Lipinski definition) is 1. The minimum absolute atomic E-state index is 0.150. The minimum Gasteiger partial charge on any atom is -0.489 e. The Morgan fingerprint density at radius 2 is 1.92 bits per heavy atom. The number of hydrogen-bond acceptors (Lipinski definition) is 3. The van der Waals surface area contributed by atoms with Crippen LogP contribution in [0.1, 0.15) is 54.6 Å². The van der Waals surface area contributed by atoms with Gasteiger partial charge in [-0.25, -0.2) is 0 Å². The molecular weight excluding hydrogens is 302 g/mol. The molecule has 4 heteroatoms. The molecule has 1 N–H and O–H groups in total. The van der Waals surface area contributed by atoms with Gasteiger partial charge in [0.25, 0.3) is 5.91 Å². The number of rotatable bonds is 7. The molecule has 0 radical (unpaired) electrons. The minimum atomic E-state index is -0.150. The van der Waals surface area contributed by atoms with Crippen LogP contribution in [-0.4, -0.2) is 12.5 Å². The highest BCUT2D eigenvalue weighted by atomic mass is 16.5. The summed E-state index contributed by atoms with van der Waals surface area (Å²) in [4.78, 5) is 12.3. The van der Waals surface area contributed by atoms with Gasteiger partial charge in [0, 0.05) is 12.1 Å². The summed E-state index contributed by atoms with van der Waals surface area (Å²) in [5.41, 5.74) is 0.772. The molecule has 4 nitrogen and oxygen atoms in total. The number of amides is 1. The summed E-state index contributed by atoms with van der Waals surface area (Å²) in [7, 11) is 0. The molecule has 3 rings (SSSR count). The predicted molar refractivity (Wildman–Crippen MR) is 93.0 cm³/mol.